The molecule has 1 unspecified atom stereocenters. The van der Waals surface area contributed by atoms with Gasteiger partial charge in [0.05, 0.1) is 44.4 Å². The zero-order valence-corrected chi connectivity index (χ0v) is 19.0. The van der Waals surface area contributed by atoms with Crippen LogP contribution in [0.25, 0.3) is 0 Å². The number of benzene rings is 2. The smallest absolute Gasteiger partial charge is 0.227 e. The number of phenols is 1. The quantitative estimate of drug-likeness (QED) is 0.601. The number of Topliss-reactive ketones (excluding diaryl/α,β-unsaturated/α-hetero) is 1. The second-order valence-electron chi connectivity index (χ2n) is 7.34. The number of hydrogen-bond acceptors (Lipinski definition) is 7. The van der Waals surface area contributed by atoms with Crippen LogP contribution in [0.2, 0.25) is 5.02 Å². The topological polar surface area (TPSA) is 94.5 Å². The monoisotopic (exact) mass is 463 g/mol. The summed E-state index contributed by atoms with van der Waals surface area (Å²) < 4.78 is 22.4. The van der Waals surface area contributed by atoms with Crippen molar-refractivity contribution in [1.82, 2.24) is 4.90 Å². The predicted octanol–water partition coefficient (Wildman–Crippen LogP) is 3.11. The number of aromatic hydroxyl groups is 1. The molecule has 0 spiro atoms. The van der Waals surface area contributed by atoms with Crippen LogP contribution in [0.1, 0.15) is 22.8 Å². The summed E-state index contributed by atoms with van der Waals surface area (Å²) in [5.74, 6) is 0.780. The average Bonchev–Trinajstić information content (AvgIpc) is 2.79. The van der Waals surface area contributed by atoms with Gasteiger partial charge in [-0.1, -0.05) is 17.7 Å². The summed E-state index contributed by atoms with van der Waals surface area (Å²) in [6.45, 7) is 2.74. The van der Waals surface area contributed by atoms with Crippen LogP contribution in [-0.4, -0.2) is 68.3 Å². The molecular formula is C23H26ClNO7. The molecule has 1 fully saturated rings. The summed E-state index contributed by atoms with van der Waals surface area (Å²) in [7, 11) is 2.98. The van der Waals surface area contributed by atoms with E-state index in [4.69, 9.17) is 30.5 Å². The highest BCUT2D eigenvalue weighted by atomic mass is 35.5. The molecule has 1 aliphatic rings. The minimum Gasteiger partial charge on any atom is -0.506 e. The number of ketones is 1. The number of rotatable bonds is 8. The van der Waals surface area contributed by atoms with E-state index in [2.05, 4.69) is 0 Å². The number of hydrogen-bond donors (Lipinski definition) is 1. The van der Waals surface area contributed by atoms with Crippen molar-refractivity contribution in [3.8, 4) is 23.0 Å². The van der Waals surface area contributed by atoms with Crippen molar-refractivity contribution in [3.63, 3.8) is 0 Å². The maximum absolute atomic E-state index is 12.8. The van der Waals surface area contributed by atoms with Gasteiger partial charge in [-0.2, -0.15) is 0 Å². The van der Waals surface area contributed by atoms with Gasteiger partial charge in [-0.05, 0) is 36.8 Å². The molecule has 172 valence electrons. The van der Waals surface area contributed by atoms with Gasteiger partial charge >= 0.3 is 0 Å². The molecule has 1 amide bonds. The van der Waals surface area contributed by atoms with E-state index in [0.29, 0.717) is 42.3 Å². The third kappa shape index (κ3) is 5.44. The molecule has 1 atom stereocenters. The van der Waals surface area contributed by atoms with E-state index in [9.17, 15) is 14.7 Å². The number of amides is 1. The Bertz CT molecular complexity index is 995. The number of ether oxygens (including phenoxy) is 4. The van der Waals surface area contributed by atoms with Gasteiger partial charge in [-0.3, -0.25) is 9.59 Å². The summed E-state index contributed by atoms with van der Waals surface area (Å²) in [4.78, 5) is 26.5. The lowest BCUT2D eigenvalue weighted by Gasteiger charge is -2.33. The predicted molar refractivity (Wildman–Crippen MR) is 118 cm³/mol. The van der Waals surface area contributed by atoms with Crippen LogP contribution in [0.3, 0.4) is 0 Å². The molecule has 0 bridgehead atoms. The van der Waals surface area contributed by atoms with Crippen molar-refractivity contribution < 1.29 is 33.6 Å². The average molecular weight is 464 g/mol. The minimum atomic E-state index is -0.383. The minimum absolute atomic E-state index is 0.0237. The van der Waals surface area contributed by atoms with Crippen molar-refractivity contribution in [3.05, 3.63) is 46.5 Å². The number of carbonyl (C=O) groups excluding carboxylic acids is 2. The second-order valence-corrected chi connectivity index (χ2v) is 7.75. The van der Waals surface area contributed by atoms with Crippen molar-refractivity contribution >= 4 is 23.3 Å². The van der Waals surface area contributed by atoms with E-state index in [-0.39, 0.29) is 47.3 Å². The summed E-state index contributed by atoms with van der Waals surface area (Å²) in [6.07, 6.45) is -0.224. The van der Waals surface area contributed by atoms with Gasteiger partial charge in [0.2, 0.25) is 11.7 Å². The van der Waals surface area contributed by atoms with Crippen LogP contribution < -0.4 is 14.2 Å². The first-order chi connectivity index (χ1) is 15.3. The normalized spacial score (nSPS) is 15.9. The van der Waals surface area contributed by atoms with E-state index >= 15 is 0 Å². The standard InChI is InChI=1S/C23H26ClNO7/c1-14(26)17-5-7-20(29-2)23(30-3)22(17)32-13-16-12-25(8-9-31-16)21(28)11-15-4-6-19(27)18(24)10-15/h4-7,10,16,27H,8-9,11-13H2,1-3H3. The zero-order valence-electron chi connectivity index (χ0n) is 18.2. The highest BCUT2D eigenvalue weighted by Crippen LogP contribution is 2.40. The first-order valence-corrected chi connectivity index (χ1v) is 10.5. The van der Waals surface area contributed by atoms with Gasteiger partial charge in [-0.25, -0.2) is 0 Å². The summed E-state index contributed by atoms with van der Waals surface area (Å²) in [6, 6.07) is 7.98. The number of phenolic OH excluding ortho intramolecular Hbond substituents is 1. The molecule has 0 aromatic heterocycles. The molecule has 1 saturated heterocycles. The maximum Gasteiger partial charge on any atom is 0.227 e. The van der Waals surface area contributed by atoms with Crippen LogP contribution in [0.15, 0.2) is 30.3 Å². The maximum atomic E-state index is 12.8. The Morgan fingerprint density at radius 1 is 1.19 bits per heavy atom. The Kier molecular flexibility index (Phi) is 7.82. The second kappa shape index (κ2) is 10.6. The molecule has 1 heterocycles. The molecule has 8 nitrogen and oxygen atoms in total. The highest BCUT2D eigenvalue weighted by molar-refractivity contribution is 6.32. The number of morpholine rings is 1. The summed E-state index contributed by atoms with van der Waals surface area (Å²) >= 11 is 5.93. The fraction of sp³-hybridized carbons (Fsp3) is 0.391. The number of nitrogens with zero attached hydrogens (tertiary/aromatic N) is 1. The Hall–Kier alpha value is -2.97. The van der Waals surface area contributed by atoms with Gasteiger partial charge in [0.15, 0.2) is 17.3 Å². The van der Waals surface area contributed by atoms with Gasteiger partial charge in [0.25, 0.3) is 0 Å². The van der Waals surface area contributed by atoms with E-state index in [1.807, 2.05) is 0 Å². The van der Waals surface area contributed by atoms with Crippen LogP contribution in [0.5, 0.6) is 23.0 Å². The fourth-order valence-corrected chi connectivity index (χ4v) is 3.69. The van der Waals surface area contributed by atoms with Gasteiger partial charge in [0.1, 0.15) is 18.5 Å². The van der Waals surface area contributed by atoms with Crippen LogP contribution in [-0.2, 0) is 16.0 Å². The van der Waals surface area contributed by atoms with E-state index in [0.717, 1.165) is 0 Å². The third-order valence-corrected chi connectivity index (χ3v) is 5.45. The fourth-order valence-electron chi connectivity index (χ4n) is 3.49. The van der Waals surface area contributed by atoms with Crippen LogP contribution in [0, 0.1) is 0 Å². The first kappa shape index (κ1) is 23.7. The molecule has 9 heteroatoms. The van der Waals surface area contributed by atoms with Crippen molar-refractivity contribution in [2.75, 3.05) is 40.5 Å². The molecule has 1 N–H and O–H groups in total. The number of methoxy groups -OCH3 is 2. The molecule has 2 aromatic carbocycles. The Balaban J connectivity index is 1.67. The lowest BCUT2D eigenvalue weighted by atomic mass is 10.1. The molecular weight excluding hydrogens is 438 g/mol. The van der Waals surface area contributed by atoms with Gasteiger partial charge in [0, 0.05) is 6.54 Å². The van der Waals surface area contributed by atoms with Crippen LogP contribution in [0.4, 0.5) is 0 Å². The van der Waals surface area contributed by atoms with E-state index in [1.54, 1.807) is 29.2 Å². The molecule has 1 aliphatic heterocycles. The largest absolute Gasteiger partial charge is 0.506 e. The first-order valence-electron chi connectivity index (χ1n) is 10.1. The van der Waals surface area contributed by atoms with E-state index < -0.39 is 0 Å². The number of carbonyl (C=O) groups is 2. The Labute approximate surface area is 191 Å². The number of halogens is 1. The Morgan fingerprint density at radius 2 is 1.97 bits per heavy atom. The van der Waals surface area contributed by atoms with Crippen molar-refractivity contribution in [1.29, 1.82) is 0 Å². The lowest BCUT2D eigenvalue weighted by molar-refractivity contribution is -0.139. The lowest BCUT2D eigenvalue weighted by Crippen LogP contribution is -2.48. The third-order valence-electron chi connectivity index (χ3n) is 5.15. The SMILES string of the molecule is COc1ccc(C(C)=O)c(OCC2CN(C(=O)Cc3ccc(O)c(Cl)c3)CCO2)c1OC. The van der Waals surface area contributed by atoms with Gasteiger partial charge < -0.3 is 29.0 Å². The highest BCUT2D eigenvalue weighted by Gasteiger charge is 2.27. The molecule has 0 radical (unpaired) electrons. The van der Waals surface area contributed by atoms with Crippen molar-refractivity contribution in [2.24, 2.45) is 0 Å². The summed E-state index contributed by atoms with van der Waals surface area (Å²) in [5, 5.41) is 9.75. The summed E-state index contributed by atoms with van der Waals surface area (Å²) in [5.41, 5.74) is 1.08. The Morgan fingerprint density at radius 3 is 2.62 bits per heavy atom. The molecule has 2 aromatic rings. The van der Waals surface area contributed by atoms with Crippen LogP contribution >= 0.6 is 11.6 Å². The molecule has 3 rings (SSSR count). The van der Waals surface area contributed by atoms with E-state index in [1.165, 1.54) is 27.2 Å². The van der Waals surface area contributed by atoms with Crippen molar-refractivity contribution in [2.45, 2.75) is 19.4 Å². The molecule has 0 aliphatic carbocycles. The molecule has 32 heavy (non-hydrogen) atoms. The zero-order chi connectivity index (χ0) is 23.3. The van der Waals surface area contributed by atoms with Gasteiger partial charge in [-0.15, -0.1) is 0 Å². The molecule has 0 saturated carbocycles.